The number of para-hydroxylation sites is 1. The van der Waals surface area contributed by atoms with E-state index in [1.807, 2.05) is 31.2 Å². The first kappa shape index (κ1) is 18.1. The van der Waals surface area contributed by atoms with Gasteiger partial charge in [-0.3, -0.25) is 4.79 Å². The molecule has 2 heterocycles. The number of rotatable bonds is 5. The topological polar surface area (TPSA) is 125 Å². The molecule has 1 amide bonds. The van der Waals surface area contributed by atoms with Crippen LogP contribution in [0.15, 0.2) is 53.6 Å². The quantitative estimate of drug-likeness (QED) is 0.403. The number of aryl methyl sites for hydroxylation is 1. The first-order valence-corrected chi connectivity index (χ1v) is 8.82. The summed E-state index contributed by atoms with van der Waals surface area (Å²) in [6, 6.07) is 16.9. The molecule has 4 rings (SSSR count). The van der Waals surface area contributed by atoms with Gasteiger partial charge in [0.1, 0.15) is 6.54 Å². The van der Waals surface area contributed by atoms with Crippen LogP contribution in [0.25, 0.3) is 22.3 Å². The smallest absolute Gasteiger partial charge is 0.263 e. The molecule has 9 heteroatoms. The summed E-state index contributed by atoms with van der Waals surface area (Å²) in [6.07, 6.45) is 1.61. The Labute approximate surface area is 165 Å². The summed E-state index contributed by atoms with van der Waals surface area (Å²) in [7, 11) is 0. The van der Waals surface area contributed by atoms with Gasteiger partial charge in [-0.05, 0) is 30.3 Å². The predicted octanol–water partition coefficient (Wildman–Crippen LogP) is 2.15. The Balaban J connectivity index is 1.43. The molecule has 0 saturated heterocycles. The van der Waals surface area contributed by atoms with Gasteiger partial charge in [0.25, 0.3) is 5.91 Å². The molecule has 0 saturated carbocycles. The van der Waals surface area contributed by atoms with E-state index in [1.165, 1.54) is 0 Å². The van der Waals surface area contributed by atoms with E-state index < -0.39 is 5.91 Å². The summed E-state index contributed by atoms with van der Waals surface area (Å²) >= 11 is 0. The molecule has 2 aromatic carbocycles. The zero-order valence-electron chi connectivity index (χ0n) is 15.5. The Kier molecular flexibility index (Phi) is 4.82. The number of nitrogens with zero attached hydrogens (tertiary/aromatic N) is 6. The van der Waals surface area contributed by atoms with Crippen LogP contribution in [0.2, 0.25) is 0 Å². The highest BCUT2D eigenvalue weighted by Gasteiger charge is 2.12. The molecule has 0 bridgehead atoms. The fourth-order valence-electron chi connectivity index (χ4n) is 2.99. The van der Waals surface area contributed by atoms with Gasteiger partial charge in [0.15, 0.2) is 0 Å². The Morgan fingerprint density at radius 1 is 1.28 bits per heavy atom. The van der Waals surface area contributed by atoms with Crippen molar-refractivity contribution in [3.05, 3.63) is 65.4 Å². The number of amides is 1. The lowest BCUT2D eigenvalue weighted by atomic mass is 10.1. The number of benzene rings is 2. The number of nitrogens with one attached hydrogen (secondary N) is 2. The zero-order chi connectivity index (χ0) is 20.2. The van der Waals surface area contributed by atoms with Gasteiger partial charge in [0.2, 0.25) is 5.82 Å². The minimum Gasteiger partial charge on any atom is -0.358 e. The zero-order valence-corrected chi connectivity index (χ0v) is 15.5. The van der Waals surface area contributed by atoms with Crippen LogP contribution in [0.5, 0.6) is 0 Å². The van der Waals surface area contributed by atoms with Crippen molar-refractivity contribution in [2.24, 2.45) is 5.10 Å². The van der Waals surface area contributed by atoms with Crippen LogP contribution in [0.4, 0.5) is 0 Å². The summed E-state index contributed by atoms with van der Waals surface area (Å²) < 4.78 is 0. The molecule has 0 fully saturated rings. The number of aromatic amines is 1. The molecule has 2 N–H and O–H groups in total. The van der Waals surface area contributed by atoms with Crippen molar-refractivity contribution in [3.8, 4) is 17.5 Å². The van der Waals surface area contributed by atoms with E-state index in [4.69, 9.17) is 0 Å². The Morgan fingerprint density at radius 3 is 2.93 bits per heavy atom. The van der Waals surface area contributed by atoms with Gasteiger partial charge >= 0.3 is 0 Å². The summed E-state index contributed by atoms with van der Waals surface area (Å²) in [5.74, 6) is -0.107. The average molecular weight is 384 g/mol. The Hall–Kier alpha value is -4.32. The number of nitriles is 1. The highest BCUT2D eigenvalue weighted by molar-refractivity contribution is 6.00. The van der Waals surface area contributed by atoms with E-state index in [0.29, 0.717) is 11.1 Å². The molecule has 142 valence electrons. The number of fused-ring (bicyclic) bond motifs is 1. The Morgan fingerprint density at radius 2 is 2.07 bits per heavy atom. The van der Waals surface area contributed by atoms with Crippen molar-refractivity contribution in [1.29, 1.82) is 5.26 Å². The number of aromatic nitrogens is 5. The molecule has 0 radical (unpaired) electrons. The molecule has 4 aromatic rings. The van der Waals surface area contributed by atoms with E-state index in [0.717, 1.165) is 27.0 Å². The molecule has 0 unspecified atom stereocenters. The standard InChI is InChI=1S/C20H16N8O/c1-13-17(16-8-4-5-9-18(16)23-13)11-22-24-19(29)12-28-26-20(25-27-28)15-7-3-2-6-14(15)10-21/h2-9,11,23H,12H2,1H3,(H,24,29)/b22-11+. The molecule has 0 aliphatic rings. The van der Waals surface area contributed by atoms with Crippen molar-refractivity contribution >= 4 is 23.0 Å². The van der Waals surface area contributed by atoms with E-state index in [2.05, 4.69) is 37.0 Å². The van der Waals surface area contributed by atoms with Gasteiger partial charge in [0.05, 0.1) is 17.8 Å². The number of hydrogen-bond donors (Lipinski definition) is 2. The van der Waals surface area contributed by atoms with Gasteiger partial charge in [-0.2, -0.15) is 15.2 Å². The maximum absolute atomic E-state index is 12.1. The Bertz CT molecular complexity index is 1260. The lowest BCUT2D eigenvalue weighted by molar-refractivity contribution is -0.122. The molecule has 0 spiro atoms. The van der Waals surface area contributed by atoms with Crippen LogP contribution in [0.3, 0.4) is 0 Å². The molecule has 29 heavy (non-hydrogen) atoms. The predicted molar refractivity (Wildman–Crippen MR) is 107 cm³/mol. The van der Waals surface area contributed by atoms with E-state index in [1.54, 1.807) is 30.5 Å². The van der Waals surface area contributed by atoms with Crippen molar-refractivity contribution in [2.75, 3.05) is 0 Å². The second kappa shape index (κ2) is 7.74. The maximum Gasteiger partial charge on any atom is 0.263 e. The van der Waals surface area contributed by atoms with Gasteiger partial charge in [-0.15, -0.1) is 10.2 Å². The average Bonchev–Trinajstić information content (AvgIpc) is 3.32. The largest absolute Gasteiger partial charge is 0.358 e. The third-order valence-corrected chi connectivity index (χ3v) is 4.35. The van der Waals surface area contributed by atoms with Crippen LogP contribution < -0.4 is 5.43 Å². The number of hydrazone groups is 1. The van der Waals surface area contributed by atoms with Gasteiger partial charge < -0.3 is 4.98 Å². The molecule has 0 aliphatic heterocycles. The van der Waals surface area contributed by atoms with Crippen molar-refractivity contribution in [3.63, 3.8) is 0 Å². The van der Waals surface area contributed by atoms with Crippen LogP contribution in [-0.4, -0.2) is 37.3 Å². The number of carbonyl (C=O) groups excluding carboxylic acids is 1. The lowest BCUT2D eigenvalue weighted by Gasteiger charge is -1.99. The van der Waals surface area contributed by atoms with Gasteiger partial charge in [-0.25, -0.2) is 5.43 Å². The second-order valence-electron chi connectivity index (χ2n) is 6.30. The van der Waals surface area contributed by atoms with Crippen LogP contribution >= 0.6 is 0 Å². The fraction of sp³-hybridized carbons (Fsp3) is 0.100. The normalized spacial score (nSPS) is 11.0. The van der Waals surface area contributed by atoms with Crippen LogP contribution in [0, 0.1) is 18.3 Å². The molecular weight excluding hydrogens is 368 g/mol. The molecule has 9 nitrogen and oxygen atoms in total. The maximum atomic E-state index is 12.1. The molecule has 2 aromatic heterocycles. The third-order valence-electron chi connectivity index (χ3n) is 4.35. The van der Waals surface area contributed by atoms with E-state index >= 15 is 0 Å². The van der Waals surface area contributed by atoms with Gasteiger partial charge in [0, 0.05) is 27.7 Å². The SMILES string of the molecule is Cc1[nH]c2ccccc2c1/C=N/NC(=O)Cn1nnc(-c2ccccc2C#N)n1. The number of H-pyrrole nitrogens is 1. The van der Waals surface area contributed by atoms with Crippen molar-refractivity contribution in [2.45, 2.75) is 13.5 Å². The summed E-state index contributed by atoms with van der Waals surface area (Å²) in [6.45, 7) is 1.80. The number of carbonyl (C=O) groups is 1. The highest BCUT2D eigenvalue weighted by Crippen LogP contribution is 2.20. The van der Waals surface area contributed by atoms with E-state index in [9.17, 15) is 10.1 Å². The van der Waals surface area contributed by atoms with Gasteiger partial charge in [-0.1, -0.05) is 30.3 Å². The van der Waals surface area contributed by atoms with E-state index in [-0.39, 0.29) is 12.4 Å². The minimum absolute atomic E-state index is 0.147. The summed E-state index contributed by atoms with van der Waals surface area (Å²) in [5, 5.41) is 26.2. The first-order chi connectivity index (χ1) is 14.2. The highest BCUT2D eigenvalue weighted by atomic mass is 16.2. The molecular formula is C20H16N8O. The second-order valence-corrected chi connectivity index (χ2v) is 6.30. The third kappa shape index (κ3) is 3.72. The van der Waals surface area contributed by atoms with Crippen molar-refractivity contribution < 1.29 is 4.79 Å². The van der Waals surface area contributed by atoms with Crippen molar-refractivity contribution in [1.82, 2.24) is 30.6 Å². The molecule has 0 aliphatic carbocycles. The lowest BCUT2D eigenvalue weighted by Crippen LogP contribution is -2.24. The van der Waals surface area contributed by atoms with Crippen LogP contribution in [-0.2, 0) is 11.3 Å². The number of tetrazole rings is 1. The summed E-state index contributed by atoms with van der Waals surface area (Å²) in [4.78, 5) is 16.6. The van der Waals surface area contributed by atoms with Crippen LogP contribution in [0.1, 0.15) is 16.8 Å². The number of hydrogen-bond acceptors (Lipinski definition) is 6. The minimum atomic E-state index is -0.392. The monoisotopic (exact) mass is 384 g/mol. The first-order valence-electron chi connectivity index (χ1n) is 8.82. The summed E-state index contributed by atoms with van der Waals surface area (Å²) in [5.41, 5.74) is 6.36. The fourth-order valence-corrected chi connectivity index (χ4v) is 2.99. The molecule has 0 atom stereocenters.